The Hall–Kier alpha value is -3.73. The van der Waals surface area contributed by atoms with Crippen LogP contribution in [-0.2, 0) is 24.4 Å². The van der Waals surface area contributed by atoms with E-state index in [9.17, 15) is 4.79 Å². The molecule has 1 aromatic heterocycles. The first kappa shape index (κ1) is 21.5. The van der Waals surface area contributed by atoms with E-state index in [0.717, 1.165) is 29.2 Å². The minimum Gasteiger partial charge on any atom is -0.497 e. The van der Waals surface area contributed by atoms with Crippen molar-refractivity contribution in [1.29, 1.82) is 0 Å². The van der Waals surface area contributed by atoms with Gasteiger partial charge in [0.2, 0.25) is 0 Å². The summed E-state index contributed by atoms with van der Waals surface area (Å²) in [7, 11) is 1.69. The summed E-state index contributed by atoms with van der Waals surface area (Å²) in [5.41, 5.74) is 5.74. The minimum absolute atomic E-state index is 0.138. The largest absolute Gasteiger partial charge is 0.497 e. The molecule has 0 saturated heterocycles. The van der Waals surface area contributed by atoms with Crippen LogP contribution >= 0.6 is 0 Å². The second-order valence-electron chi connectivity index (χ2n) is 7.94. The topological polar surface area (TPSA) is 60.7 Å². The van der Waals surface area contributed by atoms with E-state index in [1.54, 1.807) is 7.11 Å². The lowest BCUT2D eigenvalue weighted by Gasteiger charge is -2.11. The van der Waals surface area contributed by atoms with E-state index in [-0.39, 0.29) is 6.42 Å². The molecule has 0 saturated carbocycles. The molecule has 1 heterocycles. The molecule has 3 aromatic carbocycles. The van der Waals surface area contributed by atoms with Gasteiger partial charge in [0.05, 0.1) is 7.11 Å². The number of aromatic nitrogens is 1. The summed E-state index contributed by atoms with van der Waals surface area (Å²) in [5, 5.41) is 9.96. The Morgan fingerprint density at radius 2 is 1.53 bits per heavy atom. The average Bonchev–Trinajstić information content (AvgIpc) is 3.11. The highest BCUT2D eigenvalue weighted by Gasteiger charge is 2.08. The molecule has 0 unspecified atom stereocenters. The van der Waals surface area contributed by atoms with Crippen LogP contribution in [0.1, 0.15) is 28.8 Å². The molecular formula is C27H27NO4. The van der Waals surface area contributed by atoms with Crippen molar-refractivity contribution in [2.75, 3.05) is 7.11 Å². The quantitative estimate of drug-likeness (QED) is 0.376. The lowest BCUT2D eigenvalue weighted by atomic mass is 10.1. The Balaban J connectivity index is 1.37. The standard InChI is InChI=1S/C27H27NO4/c1-19-15-23-16-25(31-2)12-13-26(23)28(19)17-21-3-5-22(6-4-21)18-32-24-10-7-20(8-11-24)9-14-27(29)30/h3-8,10-13,15-16H,9,14,17-18H2,1-2H3,(H,29,30). The number of aryl methyl sites for hydroxylation is 2. The van der Waals surface area contributed by atoms with Gasteiger partial charge in [-0.25, -0.2) is 0 Å². The molecule has 0 aliphatic heterocycles. The van der Waals surface area contributed by atoms with Gasteiger partial charge in [0.15, 0.2) is 0 Å². The molecule has 0 aliphatic carbocycles. The number of methoxy groups -OCH3 is 1. The van der Waals surface area contributed by atoms with Crippen molar-refractivity contribution >= 4 is 16.9 Å². The Bertz CT molecular complexity index is 1210. The summed E-state index contributed by atoms with van der Waals surface area (Å²) in [6, 6.07) is 24.5. The average molecular weight is 430 g/mol. The van der Waals surface area contributed by atoms with Crippen molar-refractivity contribution in [3.63, 3.8) is 0 Å². The second kappa shape index (κ2) is 9.60. The van der Waals surface area contributed by atoms with Crippen LogP contribution in [0.5, 0.6) is 11.5 Å². The molecule has 0 atom stereocenters. The summed E-state index contributed by atoms with van der Waals surface area (Å²) >= 11 is 0. The van der Waals surface area contributed by atoms with Crippen molar-refractivity contribution in [2.45, 2.75) is 32.9 Å². The fourth-order valence-corrected chi connectivity index (χ4v) is 3.82. The van der Waals surface area contributed by atoms with Crippen LogP contribution in [0.2, 0.25) is 0 Å². The number of carboxylic acid groups (broad SMARTS) is 1. The molecule has 0 fully saturated rings. The maximum absolute atomic E-state index is 10.7. The zero-order valence-electron chi connectivity index (χ0n) is 18.4. The number of ether oxygens (including phenoxy) is 2. The number of aliphatic carboxylic acids is 1. The monoisotopic (exact) mass is 429 g/mol. The fraction of sp³-hybridized carbons (Fsp3) is 0.222. The van der Waals surface area contributed by atoms with Gasteiger partial charge in [0, 0.05) is 29.6 Å². The van der Waals surface area contributed by atoms with Crippen molar-refractivity contribution in [2.24, 2.45) is 0 Å². The zero-order chi connectivity index (χ0) is 22.5. The van der Waals surface area contributed by atoms with Gasteiger partial charge in [-0.2, -0.15) is 0 Å². The summed E-state index contributed by atoms with van der Waals surface area (Å²) < 4.78 is 13.5. The third kappa shape index (κ3) is 5.11. The fourth-order valence-electron chi connectivity index (χ4n) is 3.82. The highest BCUT2D eigenvalue weighted by atomic mass is 16.5. The summed E-state index contributed by atoms with van der Waals surface area (Å²) in [6.07, 6.45) is 0.667. The molecule has 4 rings (SSSR count). The van der Waals surface area contributed by atoms with E-state index >= 15 is 0 Å². The SMILES string of the molecule is COc1ccc2c(c1)cc(C)n2Cc1ccc(COc2ccc(CCC(=O)O)cc2)cc1. The van der Waals surface area contributed by atoms with E-state index < -0.39 is 5.97 Å². The molecule has 1 N–H and O–H groups in total. The molecule has 0 spiro atoms. The highest BCUT2D eigenvalue weighted by Crippen LogP contribution is 2.25. The van der Waals surface area contributed by atoms with E-state index in [1.165, 1.54) is 22.2 Å². The molecule has 5 nitrogen and oxygen atoms in total. The molecule has 0 radical (unpaired) electrons. The second-order valence-corrected chi connectivity index (χ2v) is 7.94. The number of carboxylic acids is 1. The summed E-state index contributed by atoms with van der Waals surface area (Å²) in [4.78, 5) is 10.7. The van der Waals surface area contributed by atoms with Crippen molar-refractivity contribution in [3.05, 3.63) is 95.2 Å². The van der Waals surface area contributed by atoms with Crippen LogP contribution < -0.4 is 9.47 Å². The highest BCUT2D eigenvalue weighted by molar-refractivity contribution is 5.83. The molecule has 0 bridgehead atoms. The molecule has 4 aromatic rings. The van der Waals surface area contributed by atoms with Gasteiger partial charge in [-0.1, -0.05) is 36.4 Å². The van der Waals surface area contributed by atoms with Crippen molar-refractivity contribution in [1.82, 2.24) is 4.57 Å². The Labute approximate surface area is 187 Å². The number of carbonyl (C=O) groups is 1. The van der Waals surface area contributed by atoms with Crippen LogP contribution in [0, 0.1) is 6.92 Å². The van der Waals surface area contributed by atoms with Crippen LogP contribution in [-0.4, -0.2) is 22.8 Å². The minimum atomic E-state index is -0.783. The van der Waals surface area contributed by atoms with Gasteiger partial charge in [-0.3, -0.25) is 4.79 Å². The number of rotatable bonds is 9. The number of nitrogens with zero attached hydrogens (tertiary/aromatic N) is 1. The summed E-state index contributed by atoms with van der Waals surface area (Å²) in [6.45, 7) is 3.42. The molecule has 0 aliphatic rings. The third-order valence-corrected chi connectivity index (χ3v) is 5.64. The van der Waals surface area contributed by atoms with Gasteiger partial charge < -0.3 is 19.1 Å². The van der Waals surface area contributed by atoms with Crippen molar-refractivity contribution < 1.29 is 19.4 Å². The van der Waals surface area contributed by atoms with Crippen LogP contribution in [0.15, 0.2) is 72.8 Å². The molecule has 0 amide bonds. The first-order valence-corrected chi connectivity index (χ1v) is 10.7. The van der Waals surface area contributed by atoms with Gasteiger partial charge in [-0.15, -0.1) is 0 Å². The van der Waals surface area contributed by atoms with Gasteiger partial charge >= 0.3 is 5.97 Å². The van der Waals surface area contributed by atoms with Gasteiger partial charge in [-0.05, 0) is 66.4 Å². The smallest absolute Gasteiger partial charge is 0.303 e. The normalized spacial score (nSPS) is 10.9. The van der Waals surface area contributed by atoms with E-state index in [2.05, 4.69) is 54.0 Å². The van der Waals surface area contributed by atoms with Crippen LogP contribution in [0.4, 0.5) is 0 Å². The molecule has 32 heavy (non-hydrogen) atoms. The van der Waals surface area contributed by atoms with E-state index in [4.69, 9.17) is 14.6 Å². The third-order valence-electron chi connectivity index (χ3n) is 5.64. The number of hydrogen-bond donors (Lipinski definition) is 1. The van der Waals surface area contributed by atoms with E-state index in [1.807, 2.05) is 30.3 Å². The zero-order valence-corrected chi connectivity index (χ0v) is 18.4. The molecule has 5 heteroatoms. The number of benzene rings is 3. The van der Waals surface area contributed by atoms with Crippen molar-refractivity contribution in [3.8, 4) is 11.5 Å². The summed E-state index contributed by atoms with van der Waals surface area (Å²) in [5.74, 6) is 0.862. The first-order valence-electron chi connectivity index (χ1n) is 10.7. The maximum Gasteiger partial charge on any atom is 0.303 e. The Morgan fingerprint density at radius 3 is 2.22 bits per heavy atom. The number of fused-ring (bicyclic) bond motifs is 1. The molecular weight excluding hydrogens is 402 g/mol. The first-order chi connectivity index (χ1) is 15.5. The predicted octanol–water partition coefficient (Wildman–Crippen LogP) is 5.60. The van der Waals surface area contributed by atoms with Crippen LogP contribution in [0.25, 0.3) is 10.9 Å². The van der Waals surface area contributed by atoms with Gasteiger partial charge in [0.25, 0.3) is 0 Å². The lowest BCUT2D eigenvalue weighted by Crippen LogP contribution is -2.02. The maximum atomic E-state index is 10.7. The lowest BCUT2D eigenvalue weighted by molar-refractivity contribution is -0.136. The van der Waals surface area contributed by atoms with Crippen LogP contribution in [0.3, 0.4) is 0 Å². The predicted molar refractivity (Wildman–Crippen MR) is 126 cm³/mol. The number of hydrogen-bond acceptors (Lipinski definition) is 3. The molecule has 164 valence electrons. The van der Waals surface area contributed by atoms with Gasteiger partial charge in [0.1, 0.15) is 18.1 Å². The van der Waals surface area contributed by atoms with E-state index in [0.29, 0.717) is 13.0 Å². The Morgan fingerprint density at radius 1 is 0.875 bits per heavy atom. The Kier molecular flexibility index (Phi) is 6.45.